The highest BCUT2D eigenvalue weighted by Crippen LogP contribution is 2.36. The Balaban J connectivity index is 1.76. The molecular weight excluding hydrogens is 440 g/mol. The normalized spacial score (nSPS) is 13.5. The molecule has 172 valence electrons. The zero-order valence-corrected chi connectivity index (χ0v) is 16.8. The van der Waals surface area contributed by atoms with Crippen molar-refractivity contribution >= 4 is 0 Å². The van der Waals surface area contributed by atoms with Crippen molar-refractivity contribution in [3.05, 3.63) is 76.6 Å². The summed E-state index contributed by atoms with van der Waals surface area (Å²) in [5.74, 6) is 0.418. The molecule has 0 amide bonds. The number of alkyl halides is 6. The van der Waals surface area contributed by atoms with Gasteiger partial charge in [0.25, 0.3) is 0 Å². The highest BCUT2D eigenvalue weighted by molar-refractivity contribution is 5.33. The monoisotopic (exact) mass is 459 g/mol. The summed E-state index contributed by atoms with van der Waals surface area (Å²) >= 11 is 0. The van der Waals surface area contributed by atoms with E-state index in [-0.39, 0.29) is 24.3 Å². The lowest BCUT2D eigenvalue weighted by molar-refractivity contribution is -0.143. The molecule has 6 nitrogen and oxygen atoms in total. The highest BCUT2D eigenvalue weighted by Gasteiger charge is 2.36. The van der Waals surface area contributed by atoms with Gasteiger partial charge in [-0.05, 0) is 36.4 Å². The quantitative estimate of drug-likeness (QED) is 0.498. The van der Waals surface area contributed by atoms with Gasteiger partial charge < -0.3 is 4.74 Å². The highest BCUT2D eigenvalue weighted by atomic mass is 19.4. The van der Waals surface area contributed by atoms with Gasteiger partial charge in [0.1, 0.15) is 0 Å². The summed E-state index contributed by atoms with van der Waals surface area (Å²) in [7, 11) is 1.77. The van der Waals surface area contributed by atoms with Gasteiger partial charge in [-0.15, -0.1) is 10.2 Å². The topological polar surface area (TPSA) is 66.9 Å². The number of likely N-dealkylation sites (N-methyl/N-ethyl adjacent to an activating group) is 1. The molecule has 0 aliphatic rings. The predicted molar refractivity (Wildman–Crippen MR) is 101 cm³/mol. The summed E-state index contributed by atoms with van der Waals surface area (Å²) in [4.78, 5) is 1.84. The SMILES string of the molecule is CN(Cc1nn[nH]n1)[C@H](COCc1cc(C(F)(F)F)cc(C(F)(F)F)c1)c1ccccc1. The first kappa shape index (κ1) is 23.7. The molecule has 3 aromatic rings. The molecule has 1 atom stereocenters. The van der Waals surface area contributed by atoms with Crippen LogP contribution in [0.4, 0.5) is 26.3 Å². The average molecular weight is 459 g/mol. The number of rotatable bonds is 8. The molecule has 0 spiro atoms. The fraction of sp³-hybridized carbons (Fsp3) is 0.350. The maximum Gasteiger partial charge on any atom is 0.416 e. The van der Waals surface area contributed by atoms with Gasteiger partial charge in [-0.25, -0.2) is 0 Å². The summed E-state index contributed by atoms with van der Waals surface area (Å²) in [6.07, 6.45) is -9.82. The number of benzene rings is 2. The lowest BCUT2D eigenvalue weighted by Gasteiger charge is -2.27. The van der Waals surface area contributed by atoms with E-state index in [4.69, 9.17) is 4.74 Å². The van der Waals surface area contributed by atoms with Crippen LogP contribution < -0.4 is 0 Å². The van der Waals surface area contributed by atoms with Crippen molar-refractivity contribution < 1.29 is 31.1 Å². The largest absolute Gasteiger partial charge is 0.416 e. The van der Waals surface area contributed by atoms with Crippen molar-refractivity contribution in [2.24, 2.45) is 0 Å². The van der Waals surface area contributed by atoms with Crippen molar-refractivity contribution in [2.75, 3.05) is 13.7 Å². The number of nitrogens with one attached hydrogen (secondary N) is 1. The van der Waals surface area contributed by atoms with Crippen molar-refractivity contribution in [1.29, 1.82) is 0 Å². The van der Waals surface area contributed by atoms with Crippen molar-refractivity contribution in [1.82, 2.24) is 25.5 Å². The molecule has 3 rings (SSSR count). The molecule has 0 fully saturated rings. The van der Waals surface area contributed by atoms with Crippen LogP contribution in [0, 0.1) is 0 Å². The van der Waals surface area contributed by atoms with E-state index in [1.165, 1.54) is 0 Å². The lowest BCUT2D eigenvalue weighted by atomic mass is 10.0. The third-order valence-corrected chi connectivity index (χ3v) is 4.69. The van der Waals surface area contributed by atoms with E-state index in [0.717, 1.165) is 5.56 Å². The van der Waals surface area contributed by atoms with Crippen LogP contribution in [0.5, 0.6) is 0 Å². The maximum absolute atomic E-state index is 13.1. The molecule has 0 saturated carbocycles. The number of H-pyrrole nitrogens is 1. The smallest absolute Gasteiger partial charge is 0.375 e. The van der Waals surface area contributed by atoms with E-state index in [2.05, 4.69) is 20.6 Å². The fourth-order valence-electron chi connectivity index (χ4n) is 3.13. The molecule has 2 aromatic carbocycles. The molecular formula is C20H19F6N5O. The molecule has 0 aliphatic carbocycles. The minimum Gasteiger partial charge on any atom is -0.375 e. The molecule has 0 saturated heterocycles. The number of tetrazole rings is 1. The van der Waals surface area contributed by atoms with Crippen LogP contribution in [0.1, 0.15) is 34.1 Å². The second kappa shape index (κ2) is 9.65. The van der Waals surface area contributed by atoms with Crippen LogP contribution >= 0.6 is 0 Å². The molecule has 0 bridgehead atoms. The molecule has 1 N–H and O–H groups in total. The minimum absolute atomic E-state index is 0.00988. The van der Waals surface area contributed by atoms with Crippen molar-refractivity contribution in [3.63, 3.8) is 0 Å². The molecule has 32 heavy (non-hydrogen) atoms. The Morgan fingerprint density at radius 3 is 2.12 bits per heavy atom. The van der Waals surface area contributed by atoms with Gasteiger partial charge in [0, 0.05) is 0 Å². The zero-order chi connectivity index (χ0) is 23.4. The van der Waals surface area contributed by atoms with E-state index in [9.17, 15) is 26.3 Å². The summed E-state index contributed by atoms with van der Waals surface area (Å²) in [6.45, 7) is -0.121. The second-order valence-corrected chi connectivity index (χ2v) is 7.10. The molecule has 0 radical (unpaired) electrons. The van der Waals surface area contributed by atoms with Crippen LogP contribution in [0.15, 0.2) is 48.5 Å². The second-order valence-electron chi connectivity index (χ2n) is 7.10. The Labute approximate surface area is 179 Å². The van der Waals surface area contributed by atoms with Crippen molar-refractivity contribution in [3.8, 4) is 0 Å². The van der Waals surface area contributed by atoms with Crippen LogP contribution in [0.3, 0.4) is 0 Å². The lowest BCUT2D eigenvalue weighted by Crippen LogP contribution is -2.28. The Bertz CT molecular complexity index is 960. The Hall–Kier alpha value is -2.99. The van der Waals surface area contributed by atoms with E-state index >= 15 is 0 Å². The van der Waals surface area contributed by atoms with Crippen LogP contribution in [-0.4, -0.2) is 39.2 Å². The van der Waals surface area contributed by atoms with Gasteiger partial charge in [0.2, 0.25) is 0 Å². The summed E-state index contributed by atoms with van der Waals surface area (Å²) in [5.41, 5.74) is -2.13. The number of hydrogen-bond donors (Lipinski definition) is 1. The average Bonchev–Trinajstić information content (AvgIpc) is 3.23. The summed E-state index contributed by atoms with van der Waals surface area (Å²) < 4.78 is 83.9. The van der Waals surface area contributed by atoms with E-state index in [1.54, 1.807) is 7.05 Å². The molecule has 0 unspecified atom stereocenters. The fourth-order valence-corrected chi connectivity index (χ4v) is 3.13. The van der Waals surface area contributed by atoms with Crippen molar-refractivity contribution in [2.45, 2.75) is 31.5 Å². The zero-order valence-electron chi connectivity index (χ0n) is 16.8. The van der Waals surface area contributed by atoms with Crippen LogP contribution in [0.25, 0.3) is 0 Å². The van der Waals surface area contributed by atoms with E-state index < -0.39 is 30.1 Å². The van der Waals surface area contributed by atoms with Crippen LogP contribution in [0.2, 0.25) is 0 Å². The molecule has 12 heteroatoms. The minimum atomic E-state index is -4.91. The number of ether oxygens (including phenoxy) is 1. The maximum atomic E-state index is 13.1. The number of aromatic nitrogens is 4. The van der Waals surface area contributed by atoms with E-state index in [0.29, 0.717) is 24.5 Å². The third-order valence-electron chi connectivity index (χ3n) is 4.69. The number of aromatic amines is 1. The number of nitrogens with zero attached hydrogens (tertiary/aromatic N) is 4. The van der Waals surface area contributed by atoms with E-state index in [1.807, 2.05) is 35.2 Å². The molecule has 1 heterocycles. The Kier molecular flexibility index (Phi) is 7.14. The van der Waals surface area contributed by atoms with Gasteiger partial charge in [0.05, 0.1) is 36.9 Å². The van der Waals surface area contributed by atoms with Crippen LogP contribution in [-0.2, 0) is 30.2 Å². The first-order chi connectivity index (χ1) is 15.0. The van der Waals surface area contributed by atoms with Gasteiger partial charge >= 0.3 is 12.4 Å². The first-order valence-corrected chi connectivity index (χ1v) is 9.37. The Morgan fingerprint density at radius 1 is 0.969 bits per heavy atom. The number of hydrogen-bond acceptors (Lipinski definition) is 5. The summed E-state index contributed by atoms with van der Waals surface area (Å²) in [5, 5.41) is 13.6. The van der Waals surface area contributed by atoms with Gasteiger partial charge in [-0.1, -0.05) is 35.5 Å². The third kappa shape index (κ3) is 6.26. The van der Waals surface area contributed by atoms with Gasteiger partial charge in [0.15, 0.2) is 5.82 Å². The molecule has 1 aromatic heterocycles. The molecule has 0 aliphatic heterocycles. The summed E-state index contributed by atoms with van der Waals surface area (Å²) in [6, 6.07) is 10.2. The first-order valence-electron chi connectivity index (χ1n) is 9.37. The van der Waals surface area contributed by atoms with Gasteiger partial charge in [-0.3, -0.25) is 4.90 Å². The number of halogens is 6. The predicted octanol–water partition coefficient (Wildman–Crippen LogP) is 4.63. The van der Waals surface area contributed by atoms with Gasteiger partial charge in [-0.2, -0.15) is 31.6 Å². The standard InChI is InChI=1S/C20H19F6N5O/c1-31(10-18-27-29-30-28-18)17(14-5-3-2-4-6-14)12-32-11-13-7-15(19(21,22)23)9-16(8-13)20(24,25)26/h2-9,17H,10-12H2,1H3,(H,27,28,29,30)/t17-/m1/s1. The Morgan fingerprint density at radius 2 is 1.59 bits per heavy atom.